The summed E-state index contributed by atoms with van der Waals surface area (Å²) in [5.41, 5.74) is 1.75. The van der Waals surface area contributed by atoms with E-state index in [2.05, 4.69) is 9.97 Å². The molecule has 0 saturated heterocycles. The van der Waals surface area contributed by atoms with Gasteiger partial charge in [0, 0.05) is 6.07 Å². The van der Waals surface area contributed by atoms with Gasteiger partial charge in [-0.15, -0.1) is 0 Å². The number of benzene rings is 2. The number of hydrogen-bond acceptors (Lipinski definition) is 4. The van der Waals surface area contributed by atoms with E-state index in [9.17, 15) is 8.42 Å². The number of nitrogens with one attached hydrogen (secondary N) is 1. The maximum absolute atomic E-state index is 11.7. The molecule has 0 atom stereocenters. The Kier molecular flexibility index (Phi) is 3.39. The summed E-state index contributed by atoms with van der Waals surface area (Å²) in [7, 11) is -3.18. The Morgan fingerprint density at radius 1 is 1.10 bits per heavy atom. The first kappa shape index (κ1) is 13.6. The third kappa shape index (κ3) is 2.75. The van der Waals surface area contributed by atoms with Crippen LogP contribution in [0, 0.1) is 0 Å². The SMILES string of the molecule is CCS(=O)(=O)c1ccc(Oc2ccc3nc[nH]c3c2)cc1. The van der Waals surface area contributed by atoms with E-state index >= 15 is 0 Å². The van der Waals surface area contributed by atoms with Gasteiger partial charge in [-0.05, 0) is 36.4 Å². The van der Waals surface area contributed by atoms with Crippen molar-refractivity contribution >= 4 is 20.9 Å². The van der Waals surface area contributed by atoms with Crippen LogP contribution in [0.25, 0.3) is 11.0 Å². The van der Waals surface area contributed by atoms with E-state index in [1.54, 1.807) is 37.5 Å². The van der Waals surface area contributed by atoms with Gasteiger partial charge in [0.2, 0.25) is 0 Å². The Hall–Kier alpha value is -2.34. The molecule has 0 bridgehead atoms. The zero-order valence-electron chi connectivity index (χ0n) is 11.4. The average molecular weight is 302 g/mol. The van der Waals surface area contributed by atoms with Gasteiger partial charge in [0.05, 0.1) is 28.0 Å². The second-order valence-electron chi connectivity index (χ2n) is 4.56. The molecule has 0 amide bonds. The maximum atomic E-state index is 11.7. The molecule has 1 N–H and O–H groups in total. The van der Waals surface area contributed by atoms with Gasteiger partial charge in [0.1, 0.15) is 11.5 Å². The van der Waals surface area contributed by atoms with E-state index in [-0.39, 0.29) is 5.75 Å². The van der Waals surface area contributed by atoms with Crippen molar-refractivity contribution < 1.29 is 13.2 Å². The lowest BCUT2D eigenvalue weighted by atomic mass is 10.3. The van der Waals surface area contributed by atoms with Crippen molar-refractivity contribution in [3.8, 4) is 11.5 Å². The number of hydrogen-bond donors (Lipinski definition) is 1. The van der Waals surface area contributed by atoms with Crippen LogP contribution in [0.15, 0.2) is 53.7 Å². The van der Waals surface area contributed by atoms with Gasteiger partial charge in [0.15, 0.2) is 9.84 Å². The highest BCUT2D eigenvalue weighted by atomic mass is 32.2. The minimum absolute atomic E-state index is 0.0870. The van der Waals surface area contributed by atoms with Crippen molar-refractivity contribution in [2.45, 2.75) is 11.8 Å². The number of fused-ring (bicyclic) bond motifs is 1. The van der Waals surface area contributed by atoms with Crippen molar-refractivity contribution in [2.75, 3.05) is 5.75 Å². The van der Waals surface area contributed by atoms with Gasteiger partial charge in [-0.3, -0.25) is 0 Å². The summed E-state index contributed by atoms with van der Waals surface area (Å²) in [5.74, 6) is 1.34. The largest absolute Gasteiger partial charge is 0.457 e. The summed E-state index contributed by atoms with van der Waals surface area (Å²) >= 11 is 0. The van der Waals surface area contributed by atoms with Gasteiger partial charge < -0.3 is 9.72 Å². The zero-order valence-corrected chi connectivity index (χ0v) is 12.2. The van der Waals surface area contributed by atoms with Crippen molar-refractivity contribution in [1.82, 2.24) is 9.97 Å². The van der Waals surface area contributed by atoms with Crippen LogP contribution >= 0.6 is 0 Å². The first-order chi connectivity index (χ1) is 10.1. The molecule has 6 heteroatoms. The van der Waals surface area contributed by atoms with Crippen LogP contribution in [-0.2, 0) is 9.84 Å². The molecule has 0 aliphatic heterocycles. The molecule has 2 aromatic carbocycles. The first-order valence-electron chi connectivity index (χ1n) is 6.52. The fourth-order valence-electron chi connectivity index (χ4n) is 2.00. The lowest BCUT2D eigenvalue weighted by Gasteiger charge is -2.07. The molecule has 0 aliphatic rings. The number of nitrogens with zero attached hydrogens (tertiary/aromatic N) is 1. The van der Waals surface area contributed by atoms with Gasteiger partial charge >= 0.3 is 0 Å². The monoisotopic (exact) mass is 302 g/mol. The molecule has 0 saturated carbocycles. The minimum atomic E-state index is -3.18. The van der Waals surface area contributed by atoms with Crippen LogP contribution in [0.2, 0.25) is 0 Å². The molecule has 0 radical (unpaired) electrons. The number of rotatable bonds is 4. The number of imidazole rings is 1. The lowest BCUT2D eigenvalue weighted by Crippen LogP contribution is -2.03. The predicted molar refractivity (Wildman–Crippen MR) is 80.3 cm³/mol. The molecule has 3 rings (SSSR count). The first-order valence-corrected chi connectivity index (χ1v) is 8.17. The fourth-order valence-corrected chi connectivity index (χ4v) is 2.88. The summed E-state index contributed by atoms with van der Waals surface area (Å²) < 4.78 is 29.2. The Bertz CT molecular complexity index is 867. The van der Waals surface area contributed by atoms with Crippen LogP contribution < -0.4 is 4.74 Å². The number of aromatic nitrogens is 2. The number of aromatic amines is 1. The van der Waals surface area contributed by atoms with Crippen molar-refractivity contribution in [1.29, 1.82) is 0 Å². The fraction of sp³-hybridized carbons (Fsp3) is 0.133. The van der Waals surface area contributed by atoms with Crippen molar-refractivity contribution in [3.63, 3.8) is 0 Å². The Morgan fingerprint density at radius 2 is 1.81 bits per heavy atom. The molecular weight excluding hydrogens is 288 g/mol. The Morgan fingerprint density at radius 3 is 2.52 bits per heavy atom. The number of ether oxygens (including phenoxy) is 1. The van der Waals surface area contributed by atoms with E-state index in [1.807, 2.05) is 18.2 Å². The van der Waals surface area contributed by atoms with Crippen LogP contribution in [-0.4, -0.2) is 24.1 Å². The molecule has 1 aromatic heterocycles. The summed E-state index contributed by atoms with van der Waals surface area (Å²) in [4.78, 5) is 7.46. The van der Waals surface area contributed by atoms with Crippen LogP contribution in [0.5, 0.6) is 11.5 Å². The van der Waals surface area contributed by atoms with Gasteiger partial charge in [-0.25, -0.2) is 13.4 Å². The normalized spacial score (nSPS) is 11.7. The highest BCUT2D eigenvalue weighted by Gasteiger charge is 2.11. The van der Waals surface area contributed by atoms with Crippen LogP contribution in [0.1, 0.15) is 6.92 Å². The molecule has 21 heavy (non-hydrogen) atoms. The molecule has 1 heterocycles. The highest BCUT2D eigenvalue weighted by molar-refractivity contribution is 7.91. The van der Waals surface area contributed by atoms with E-state index in [0.717, 1.165) is 11.0 Å². The Labute approximate surface area is 122 Å². The Balaban J connectivity index is 1.84. The predicted octanol–water partition coefficient (Wildman–Crippen LogP) is 3.15. The summed E-state index contributed by atoms with van der Waals surface area (Å²) in [6.45, 7) is 1.62. The molecule has 0 unspecified atom stereocenters. The molecule has 0 aliphatic carbocycles. The third-order valence-corrected chi connectivity index (χ3v) is 4.94. The molecular formula is C15H14N2O3S. The van der Waals surface area contributed by atoms with Crippen LogP contribution in [0.3, 0.4) is 0 Å². The number of sulfone groups is 1. The second-order valence-corrected chi connectivity index (χ2v) is 6.84. The van der Waals surface area contributed by atoms with E-state index in [0.29, 0.717) is 16.4 Å². The second kappa shape index (κ2) is 5.21. The van der Waals surface area contributed by atoms with E-state index in [4.69, 9.17) is 4.74 Å². The average Bonchev–Trinajstić information content (AvgIpc) is 2.95. The maximum Gasteiger partial charge on any atom is 0.178 e. The third-order valence-electron chi connectivity index (χ3n) is 3.19. The standard InChI is InChI=1S/C15H14N2O3S/c1-2-21(18,19)13-6-3-11(4-7-13)20-12-5-8-14-15(9-12)17-10-16-14/h3-10H,2H2,1H3,(H,16,17). The van der Waals surface area contributed by atoms with Crippen molar-refractivity contribution in [2.24, 2.45) is 0 Å². The smallest absolute Gasteiger partial charge is 0.178 e. The molecule has 5 nitrogen and oxygen atoms in total. The van der Waals surface area contributed by atoms with Crippen molar-refractivity contribution in [3.05, 3.63) is 48.8 Å². The number of H-pyrrole nitrogens is 1. The van der Waals surface area contributed by atoms with Gasteiger partial charge in [-0.1, -0.05) is 6.92 Å². The molecule has 108 valence electrons. The van der Waals surface area contributed by atoms with E-state index < -0.39 is 9.84 Å². The van der Waals surface area contributed by atoms with Gasteiger partial charge in [-0.2, -0.15) is 0 Å². The van der Waals surface area contributed by atoms with Crippen LogP contribution in [0.4, 0.5) is 0 Å². The molecule has 0 fully saturated rings. The zero-order chi connectivity index (χ0) is 14.9. The summed E-state index contributed by atoms with van der Waals surface area (Å²) in [5, 5.41) is 0. The summed E-state index contributed by atoms with van der Waals surface area (Å²) in [6, 6.07) is 11.9. The highest BCUT2D eigenvalue weighted by Crippen LogP contribution is 2.25. The minimum Gasteiger partial charge on any atom is -0.457 e. The lowest BCUT2D eigenvalue weighted by molar-refractivity contribution is 0.483. The topological polar surface area (TPSA) is 72.1 Å². The summed E-state index contributed by atoms with van der Waals surface area (Å²) in [6.07, 6.45) is 1.62. The molecule has 0 spiro atoms. The molecule has 3 aromatic rings. The van der Waals surface area contributed by atoms with E-state index in [1.165, 1.54) is 0 Å². The van der Waals surface area contributed by atoms with Gasteiger partial charge in [0.25, 0.3) is 0 Å². The quantitative estimate of drug-likeness (QED) is 0.803.